The van der Waals surface area contributed by atoms with Gasteiger partial charge in [0, 0.05) is 6.08 Å². The number of carboxylic acid groups (broad SMARTS) is 1. The highest BCUT2D eigenvalue weighted by Gasteiger charge is 2.36. The summed E-state index contributed by atoms with van der Waals surface area (Å²) in [7, 11) is 3.03. The number of carboxylic acids is 1. The molecule has 0 saturated carbocycles. The van der Waals surface area contributed by atoms with E-state index in [-0.39, 0.29) is 4.91 Å². The highest BCUT2D eigenvalue weighted by molar-refractivity contribution is 8.19. The van der Waals surface area contributed by atoms with Crippen LogP contribution < -0.4 is 14.4 Å². The van der Waals surface area contributed by atoms with Gasteiger partial charge >= 0.3 is 5.97 Å². The van der Waals surface area contributed by atoms with E-state index in [1.165, 1.54) is 19.1 Å². The molecule has 2 aromatic rings. The normalized spacial score (nSPS) is 16.8. The van der Waals surface area contributed by atoms with Crippen LogP contribution in [0.25, 0.3) is 0 Å². The summed E-state index contributed by atoms with van der Waals surface area (Å²) in [5.74, 6) is -0.686. The average Bonchev–Trinajstić information content (AvgIpc) is 2.96. The van der Waals surface area contributed by atoms with E-state index in [1.54, 1.807) is 42.5 Å². The number of hydrogen-bond acceptors (Lipinski definition) is 6. The standard InChI is InChI=1S/C19H16N2O5S/c1-25-14-9-5-3-7-12(14)20-19-21(13-8-4-6-10-15(13)26-2)18(24)16(27-19)11-17(22)23/h3-11H,1-2H3,(H,22,23)/b16-11-,20-19?. The van der Waals surface area contributed by atoms with Crippen LogP contribution >= 0.6 is 11.8 Å². The molecule has 0 spiro atoms. The van der Waals surface area contributed by atoms with Gasteiger partial charge < -0.3 is 14.6 Å². The Balaban J connectivity index is 2.15. The minimum Gasteiger partial charge on any atom is -0.495 e. The SMILES string of the molecule is COc1ccccc1N=C1S/C(=C\C(=O)O)C(=O)N1c1ccccc1OC. The van der Waals surface area contributed by atoms with E-state index in [4.69, 9.17) is 14.6 Å². The number of thioether (sulfide) groups is 1. The van der Waals surface area contributed by atoms with Gasteiger partial charge in [0.1, 0.15) is 17.2 Å². The number of para-hydroxylation sites is 4. The summed E-state index contributed by atoms with van der Waals surface area (Å²) >= 11 is 0.979. The molecule has 8 heteroatoms. The fourth-order valence-corrected chi connectivity index (χ4v) is 3.46. The van der Waals surface area contributed by atoms with Gasteiger partial charge in [-0.25, -0.2) is 9.79 Å². The van der Waals surface area contributed by atoms with Gasteiger partial charge in [-0.2, -0.15) is 0 Å². The van der Waals surface area contributed by atoms with Gasteiger partial charge in [0.15, 0.2) is 5.17 Å². The third-order valence-electron chi connectivity index (χ3n) is 3.69. The maximum atomic E-state index is 12.9. The Labute approximate surface area is 159 Å². The van der Waals surface area contributed by atoms with Crippen molar-refractivity contribution in [2.75, 3.05) is 19.1 Å². The zero-order valence-corrected chi connectivity index (χ0v) is 15.4. The van der Waals surface area contributed by atoms with Crippen LogP contribution in [0.1, 0.15) is 0 Å². The molecule has 1 aliphatic heterocycles. The van der Waals surface area contributed by atoms with E-state index in [9.17, 15) is 9.59 Å². The molecule has 7 nitrogen and oxygen atoms in total. The van der Waals surface area contributed by atoms with Gasteiger partial charge in [0.05, 0.1) is 24.8 Å². The molecule has 27 heavy (non-hydrogen) atoms. The Morgan fingerprint density at radius 2 is 1.70 bits per heavy atom. The third kappa shape index (κ3) is 3.80. The molecular formula is C19H16N2O5S. The highest BCUT2D eigenvalue weighted by atomic mass is 32.2. The van der Waals surface area contributed by atoms with Crippen LogP contribution in [-0.4, -0.2) is 36.4 Å². The number of amidine groups is 1. The van der Waals surface area contributed by atoms with Crippen molar-refractivity contribution >= 4 is 40.2 Å². The first-order valence-corrected chi connectivity index (χ1v) is 8.68. The summed E-state index contributed by atoms with van der Waals surface area (Å²) in [6.45, 7) is 0. The number of aliphatic imine (C=N–C) groups is 1. The number of nitrogens with zero attached hydrogens (tertiary/aromatic N) is 2. The number of carbonyl (C=O) groups excluding carboxylic acids is 1. The first kappa shape index (κ1) is 18.5. The second-order valence-corrected chi connectivity index (χ2v) is 6.34. The number of anilines is 1. The van der Waals surface area contributed by atoms with E-state index in [1.807, 2.05) is 6.07 Å². The van der Waals surface area contributed by atoms with E-state index >= 15 is 0 Å². The maximum Gasteiger partial charge on any atom is 0.329 e. The number of rotatable bonds is 5. The predicted molar refractivity (Wildman–Crippen MR) is 104 cm³/mol. The van der Waals surface area contributed by atoms with Crippen LogP contribution in [0.2, 0.25) is 0 Å². The molecule has 1 N–H and O–H groups in total. The lowest BCUT2D eigenvalue weighted by Gasteiger charge is -2.18. The number of ether oxygens (including phenoxy) is 2. The van der Waals surface area contributed by atoms with E-state index in [2.05, 4.69) is 4.99 Å². The Morgan fingerprint density at radius 3 is 2.37 bits per heavy atom. The monoisotopic (exact) mass is 384 g/mol. The molecular weight excluding hydrogens is 368 g/mol. The number of aliphatic carboxylic acids is 1. The van der Waals surface area contributed by atoms with Crippen molar-refractivity contribution in [3.63, 3.8) is 0 Å². The molecule has 1 fully saturated rings. The van der Waals surface area contributed by atoms with Gasteiger partial charge in [-0.05, 0) is 36.0 Å². The van der Waals surface area contributed by atoms with Crippen LogP contribution in [0, 0.1) is 0 Å². The summed E-state index contributed by atoms with van der Waals surface area (Å²) in [4.78, 5) is 29.9. The van der Waals surface area contributed by atoms with Crippen LogP contribution in [0.5, 0.6) is 11.5 Å². The minimum atomic E-state index is -1.20. The number of carbonyl (C=O) groups is 2. The molecule has 3 rings (SSSR count). The predicted octanol–water partition coefficient (Wildman–Crippen LogP) is 3.44. The van der Waals surface area contributed by atoms with Crippen molar-refractivity contribution in [3.8, 4) is 11.5 Å². The van der Waals surface area contributed by atoms with Gasteiger partial charge in [-0.15, -0.1) is 0 Å². The summed E-state index contributed by atoms with van der Waals surface area (Å²) in [5.41, 5.74) is 0.992. The number of hydrogen-bond donors (Lipinski definition) is 1. The Bertz CT molecular complexity index is 955. The summed E-state index contributed by atoms with van der Waals surface area (Å²) < 4.78 is 10.7. The Kier molecular flexibility index (Phi) is 5.46. The summed E-state index contributed by atoms with van der Waals surface area (Å²) in [6.07, 6.45) is 0.875. The quantitative estimate of drug-likeness (QED) is 0.795. The maximum absolute atomic E-state index is 12.9. The molecule has 0 radical (unpaired) electrons. The number of benzene rings is 2. The van der Waals surface area contributed by atoms with Crippen molar-refractivity contribution in [3.05, 3.63) is 59.5 Å². The summed E-state index contributed by atoms with van der Waals surface area (Å²) in [6, 6.07) is 14.1. The van der Waals surface area contributed by atoms with Gasteiger partial charge in [0.2, 0.25) is 0 Å². The molecule has 1 heterocycles. The molecule has 138 valence electrons. The van der Waals surface area contributed by atoms with Crippen LogP contribution in [-0.2, 0) is 9.59 Å². The highest BCUT2D eigenvalue weighted by Crippen LogP contribution is 2.40. The minimum absolute atomic E-state index is 0.0575. The fourth-order valence-electron chi connectivity index (χ4n) is 2.51. The van der Waals surface area contributed by atoms with Crippen LogP contribution in [0.15, 0.2) is 64.5 Å². The Morgan fingerprint density at radius 1 is 1.07 bits per heavy atom. The van der Waals surface area contributed by atoms with Gasteiger partial charge in [-0.3, -0.25) is 9.69 Å². The van der Waals surface area contributed by atoms with E-state index in [0.717, 1.165) is 17.8 Å². The van der Waals surface area contributed by atoms with Crippen LogP contribution in [0.4, 0.5) is 11.4 Å². The third-order valence-corrected chi connectivity index (χ3v) is 4.66. The van der Waals surface area contributed by atoms with E-state index < -0.39 is 11.9 Å². The molecule has 0 bridgehead atoms. The molecule has 0 aromatic heterocycles. The number of methoxy groups -OCH3 is 2. The van der Waals surface area contributed by atoms with Gasteiger partial charge in [0.25, 0.3) is 5.91 Å². The Hall–Kier alpha value is -3.26. The second kappa shape index (κ2) is 7.96. The lowest BCUT2D eigenvalue weighted by molar-refractivity contribution is -0.131. The zero-order valence-electron chi connectivity index (χ0n) is 14.6. The topological polar surface area (TPSA) is 88.4 Å². The van der Waals surface area contributed by atoms with Crippen molar-refractivity contribution in [1.29, 1.82) is 0 Å². The smallest absolute Gasteiger partial charge is 0.329 e. The summed E-state index contributed by atoms with van der Waals surface area (Å²) in [5, 5.41) is 9.37. The van der Waals surface area contributed by atoms with Crippen molar-refractivity contribution < 1.29 is 24.2 Å². The lowest BCUT2D eigenvalue weighted by Crippen LogP contribution is -2.29. The lowest BCUT2D eigenvalue weighted by atomic mass is 10.2. The average molecular weight is 384 g/mol. The van der Waals surface area contributed by atoms with Crippen LogP contribution in [0.3, 0.4) is 0 Å². The largest absolute Gasteiger partial charge is 0.495 e. The van der Waals surface area contributed by atoms with E-state index in [0.29, 0.717) is 28.0 Å². The molecule has 0 atom stereocenters. The molecule has 1 aliphatic rings. The first-order chi connectivity index (χ1) is 13.0. The fraction of sp³-hybridized carbons (Fsp3) is 0.105. The molecule has 1 saturated heterocycles. The van der Waals surface area contributed by atoms with Crippen molar-refractivity contribution in [2.24, 2.45) is 4.99 Å². The van der Waals surface area contributed by atoms with Crippen molar-refractivity contribution in [1.82, 2.24) is 0 Å². The zero-order chi connectivity index (χ0) is 19.4. The first-order valence-electron chi connectivity index (χ1n) is 7.86. The molecule has 1 amide bonds. The molecule has 2 aromatic carbocycles. The van der Waals surface area contributed by atoms with Gasteiger partial charge in [-0.1, -0.05) is 24.3 Å². The number of amides is 1. The molecule has 0 aliphatic carbocycles. The second-order valence-electron chi connectivity index (χ2n) is 5.33. The van der Waals surface area contributed by atoms with Crippen molar-refractivity contribution in [2.45, 2.75) is 0 Å². The molecule has 0 unspecified atom stereocenters.